The Kier molecular flexibility index (Phi) is 8.71. The zero-order chi connectivity index (χ0) is 27.1. The largest absolute Gasteiger partial charge is 0.497 e. The third-order valence-corrected chi connectivity index (χ3v) is 8.18. The number of anilines is 1. The molecule has 196 valence electrons. The summed E-state index contributed by atoms with van der Waals surface area (Å²) in [6, 6.07) is 28.2. The molecule has 0 radical (unpaired) electrons. The topological polar surface area (TPSA) is 75.7 Å². The molecule has 0 unspecified atom stereocenters. The predicted octanol–water partition coefficient (Wildman–Crippen LogP) is 6.03. The standard InChI is InChI=1S/C30H29ClN2O4S/c1-22-8-15-26(31)20-29(22)33(38(35,36)28-6-4-3-5-7-28)21-24-9-13-25(14-10-24)30(34)32-19-18-23-11-16-27(37-2)17-12-23/h3-17,20H,18-19,21H2,1-2H3,(H,32,34). The van der Waals surface area contributed by atoms with Crippen molar-refractivity contribution >= 4 is 33.2 Å². The van der Waals surface area contributed by atoms with Crippen LogP contribution in [0.4, 0.5) is 5.69 Å². The molecule has 0 saturated heterocycles. The third-order valence-electron chi connectivity index (χ3n) is 6.17. The van der Waals surface area contributed by atoms with Gasteiger partial charge in [-0.2, -0.15) is 0 Å². The Hall–Kier alpha value is -3.81. The van der Waals surface area contributed by atoms with Crippen molar-refractivity contribution in [3.63, 3.8) is 0 Å². The first-order valence-electron chi connectivity index (χ1n) is 12.1. The van der Waals surface area contributed by atoms with Crippen molar-refractivity contribution < 1.29 is 17.9 Å². The number of sulfonamides is 1. The van der Waals surface area contributed by atoms with Gasteiger partial charge in [-0.05, 0) is 78.6 Å². The summed E-state index contributed by atoms with van der Waals surface area (Å²) in [7, 11) is -2.25. The molecule has 4 rings (SSSR count). The van der Waals surface area contributed by atoms with E-state index in [9.17, 15) is 13.2 Å². The second-order valence-electron chi connectivity index (χ2n) is 8.81. The number of hydrogen-bond donors (Lipinski definition) is 1. The minimum absolute atomic E-state index is 0.0811. The van der Waals surface area contributed by atoms with Crippen LogP contribution in [0.1, 0.15) is 27.0 Å². The van der Waals surface area contributed by atoms with Gasteiger partial charge in [0.05, 0.1) is 24.2 Å². The number of nitrogens with zero attached hydrogens (tertiary/aromatic N) is 1. The molecular weight excluding hydrogens is 520 g/mol. The highest BCUT2D eigenvalue weighted by molar-refractivity contribution is 7.92. The molecule has 0 saturated carbocycles. The van der Waals surface area contributed by atoms with Crippen LogP contribution in [-0.2, 0) is 23.0 Å². The van der Waals surface area contributed by atoms with Crippen molar-refractivity contribution in [3.05, 3.63) is 124 Å². The number of nitrogens with one attached hydrogen (secondary N) is 1. The number of carbonyl (C=O) groups excluding carboxylic acids is 1. The Balaban J connectivity index is 1.49. The lowest BCUT2D eigenvalue weighted by Crippen LogP contribution is -2.31. The quantitative estimate of drug-likeness (QED) is 0.263. The smallest absolute Gasteiger partial charge is 0.264 e. The van der Waals surface area contributed by atoms with Gasteiger partial charge in [0.1, 0.15) is 5.75 Å². The van der Waals surface area contributed by atoms with Crippen molar-refractivity contribution in [1.29, 1.82) is 0 Å². The summed E-state index contributed by atoms with van der Waals surface area (Å²) < 4.78 is 33.8. The van der Waals surface area contributed by atoms with Gasteiger partial charge in [0.2, 0.25) is 0 Å². The number of hydrogen-bond acceptors (Lipinski definition) is 4. The van der Waals surface area contributed by atoms with Crippen molar-refractivity contribution in [3.8, 4) is 5.75 Å². The van der Waals surface area contributed by atoms with Gasteiger partial charge in [0.25, 0.3) is 15.9 Å². The Labute approximate surface area is 228 Å². The lowest BCUT2D eigenvalue weighted by Gasteiger charge is -2.26. The summed E-state index contributed by atoms with van der Waals surface area (Å²) in [4.78, 5) is 12.9. The van der Waals surface area contributed by atoms with Crippen LogP contribution in [0.3, 0.4) is 0 Å². The Bertz CT molecular complexity index is 1490. The van der Waals surface area contributed by atoms with Crippen molar-refractivity contribution in [2.45, 2.75) is 24.8 Å². The van der Waals surface area contributed by atoms with Crippen LogP contribution in [0.15, 0.2) is 102 Å². The second kappa shape index (κ2) is 12.2. The number of benzene rings is 4. The van der Waals surface area contributed by atoms with E-state index in [4.69, 9.17) is 16.3 Å². The molecule has 0 aromatic heterocycles. The summed E-state index contributed by atoms with van der Waals surface area (Å²) in [5, 5.41) is 3.38. The van der Waals surface area contributed by atoms with Gasteiger partial charge in [-0.1, -0.05) is 60.1 Å². The maximum absolute atomic E-state index is 13.7. The van der Waals surface area contributed by atoms with Crippen molar-refractivity contribution in [2.24, 2.45) is 0 Å². The van der Waals surface area contributed by atoms with E-state index in [1.165, 1.54) is 4.31 Å². The maximum atomic E-state index is 13.7. The molecule has 8 heteroatoms. The van der Waals surface area contributed by atoms with Crippen LogP contribution in [-0.4, -0.2) is 28.0 Å². The number of rotatable bonds is 10. The molecule has 38 heavy (non-hydrogen) atoms. The van der Waals surface area contributed by atoms with Crippen molar-refractivity contribution in [2.75, 3.05) is 18.0 Å². The number of amides is 1. The summed E-state index contributed by atoms with van der Waals surface area (Å²) in [6.45, 7) is 2.42. The van der Waals surface area contributed by atoms with E-state index in [-0.39, 0.29) is 17.3 Å². The Morgan fingerprint density at radius 3 is 2.21 bits per heavy atom. The molecule has 0 aliphatic carbocycles. The first kappa shape index (κ1) is 27.2. The van der Waals surface area contributed by atoms with E-state index >= 15 is 0 Å². The van der Waals surface area contributed by atoms with Gasteiger partial charge in [-0.15, -0.1) is 0 Å². The summed E-state index contributed by atoms with van der Waals surface area (Å²) >= 11 is 6.24. The molecule has 1 N–H and O–H groups in total. The normalized spacial score (nSPS) is 11.1. The van der Waals surface area contributed by atoms with E-state index < -0.39 is 10.0 Å². The number of methoxy groups -OCH3 is 1. The molecule has 4 aromatic rings. The van der Waals surface area contributed by atoms with Gasteiger partial charge in [-0.25, -0.2) is 8.42 Å². The molecule has 0 aliphatic rings. The minimum atomic E-state index is -3.87. The van der Waals surface area contributed by atoms with Crippen LogP contribution < -0.4 is 14.4 Å². The fraction of sp³-hybridized carbons (Fsp3) is 0.167. The van der Waals surface area contributed by atoms with Gasteiger partial charge < -0.3 is 10.1 Å². The number of halogens is 1. The summed E-state index contributed by atoms with van der Waals surface area (Å²) in [6.07, 6.45) is 0.694. The predicted molar refractivity (Wildman–Crippen MR) is 151 cm³/mol. The van der Waals surface area contributed by atoms with Crippen LogP contribution in [0.5, 0.6) is 5.75 Å². The highest BCUT2D eigenvalue weighted by Gasteiger charge is 2.26. The van der Waals surface area contributed by atoms with E-state index in [0.717, 1.165) is 22.4 Å². The number of carbonyl (C=O) groups is 1. The third kappa shape index (κ3) is 6.54. The lowest BCUT2D eigenvalue weighted by atomic mass is 10.1. The molecule has 0 spiro atoms. The van der Waals surface area contributed by atoms with Gasteiger partial charge in [0, 0.05) is 17.1 Å². The van der Waals surface area contributed by atoms with E-state index in [1.807, 2.05) is 31.2 Å². The molecule has 1 amide bonds. The Morgan fingerprint density at radius 1 is 0.895 bits per heavy atom. The zero-order valence-corrected chi connectivity index (χ0v) is 22.8. The molecule has 4 aromatic carbocycles. The van der Waals surface area contributed by atoms with Crippen molar-refractivity contribution in [1.82, 2.24) is 5.32 Å². The average Bonchev–Trinajstić information content (AvgIpc) is 2.94. The van der Waals surface area contributed by atoms with Gasteiger partial charge >= 0.3 is 0 Å². The SMILES string of the molecule is COc1ccc(CCNC(=O)c2ccc(CN(c3cc(Cl)ccc3C)S(=O)(=O)c3ccccc3)cc2)cc1. The molecule has 0 heterocycles. The Morgan fingerprint density at radius 2 is 1.55 bits per heavy atom. The maximum Gasteiger partial charge on any atom is 0.264 e. The molecular formula is C30H29ClN2O4S. The molecule has 0 aliphatic heterocycles. The van der Waals surface area contributed by atoms with E-state index in [2.05, 4.69) is 5.32 Å². The lowest BCUT2D eigenvalue weighted by molar-refractivity contribution is 0.0954. The van der Waals surface area contributed by atoms with Crippen LogP contribution >= 0.6 is 11.6 Å². The van der Waals surface area contributed by atoms with Gasteiger partial charge in [0.15, 0.2) is 0 Å². The molecule has 0 atom stereocenters. The van der Waals surface area contributed by atoms with Gasteiger partial charge in [-0.3, -0.25) is 9.10 Å². The zero-order valence-electron chi connectivity index (χ0n) is 21.2. The van der Waals surface area contributed by atoms with Crippen LogP contribution in [0.25, 0.3) is 0 Å². The second-order valence-corrected chi connectivity index (χ2v) is 11.1. The fourth-order valence-electron chi connectivity index (χ4n) is 4.01. The molecule has 6 nitrogen and oxygen atoms in total. The monoisotopic (exact) mass is 548 g/mol. The van der Waals surface area contributed by atoms with Crippen LogP contribution in [0, 0.1) is 6.92 Å². The first-order chi connectivity index (χ1) is 18.3. The number of ether oxygens (including phenoxy) is 1. The first-order valence-corrected chi connectivity index (χ1v) is 13.9. The summed E-state index contributed by atoms with van der Waals surface area (Å²) in [5.41, 5.74) is 3.61. The minimum Gasteiger partial charge on any atom is -0.497 e. The van der Waals surface area contributed by atoms with E-state index in [0.29, 0.717) is 29.2 Å². The average molecular weight is 549 g/mol. The molecule has 0 bridgehead atoms. The molecule has 0 fully saturated rings. The van der Waals surface area contributed by atoms with E-state index in [1.54, 1.807) is 79.9 Å². The highest BCUT2D eigenvalue weighted by atomic mass is 35.5. The fourth-order valence-corrected chi connectivity index (χ4v) is 5.71. The number of aryl methyl sites for hydroxylation is 1. The van der Waals surface area contributed by atoms with Crippen LogP contribution in [0.2, 0.25) is 5.02 Å². The summed E-state index contributed by atoms with van der Waals surface area (Å²) in [5.74, 6) is 0.600. The highest BCUT2D eigenvalue weighted by Crippen LogP contribution is 2.31.